The topological polar surface area (TPSA) is 98.3 Å². The molecular formula is C25H24ClN5O3. The fourth-order valence-corrected chi connectivity index (χ4v) is 4.73. The van der Waals surface area contributed by atoms with Crippen LogP contribution in [0.5, 0.6) is 11.6 Å². The van der Waals surface area contributed by atoms with Crippen molar-refractivity contribution in [1.82, 2.24) is 20.3 Å². The summed E-state index contributed by atoms with van der Waals surface area (Å²) in [6, 6.07) is 7.43. The zero-order valence-corrected chi connectivity index (χ0v) is 19.4. The maximum Gasteiger partial charge on any atom is 0.263 e. The number of methoxy groups -OCH3 is 1. The van der Waals surface area contributed by atoms with Gasteiger partial charge in [-0.15, -0.1) is 0 Å². The molecule has 1 amide bonds. The Labute approximate surface area is 202 Å². The van der Waals surface area contributed by atoms with E-state index in [0.717, 1.165) is 35.1 Å². The van der Waals surface area contributed by atoms with Crippen LogP contribution in [-0.2, 0) is 16.8 Å². The first-order valence-corrected chi connectivity index (χ1v) is 11.4. The van der Waals surface area contributed by atoms with E-state index in [1.54, 1.807) is 19.4 Å². The van der Waals surface area contributed by atoms with Gasteiger partial charge >= 0.3 is 0 Å². The van der Waals surface area contributed by atoms with Crippen LogP contribution in [-0.4, -0.2) is 41.1 Å². The van der Waals surface area contributed by atoms with E-state index in [9.17, 15) is 4.79 Å². The number of allylic oxidation sites excluding steroid dienone is 4. The molecule has 3 aromatic heterocycles. The van der Waals surface area contributed by atoms with Crippen LogP contribution < -0.4 is 20.1 Å². The quantitative estimate of drug-likeness (QED) is 0.497. The second-order valence-corrected chi connectivity index (χ2v) is 8.67. The Morgan fingerprint density at radius 1 is 1.24 bits per heavy atom. The Kier molecular flexibility index (Phi) is 6.17. The number of hydrogen-bond donors (Lipinski definition) is 2. The summed E-state index contributed by atoms with van der Waals surface area (Å²) in [6.07, 6.45) is 11.7. The van der Waals surface area contributed by atoms with Crippen LogP contribution in [0.1, 0.15) is 24.1 Å². The number of aromatic nitrogens is 3. The number of carbonyl (C=O) groups is 1. The van der Waals surface area contributed by atoms with Gasteiger partial charge in [-0.3, -0.25) is 9.78 Å². The zero-order valence-electron chi connectivity index (χ0n) is 18.7. The highest BCUT2D eigenvalue weighted by molar-refractivity contribution is 6.32. The number of pyridine rings is 3. The third-order valence-electron chi connectivity index (χ3n) is 6.08. The molecule has 5 rings (SSSR count). The highest BCUT2D eigenvalue weighted by Crippen LogP contribution is 2.42. The predicted octanol–water partition coefficient (Wildman–Crippen LogP) is 3.95. The van der Waals surface area contributed by atoms with E-state index in [-0.39, 0.29) is 17.9 Å². The third-order valence-corrected chi connectivity index (χ3v) is 6.37. The molecule has 3 aromatic rings. The largest absolute Gasteiger partial charge is 0.481 e. The summed E-state index contributed by atoms with van der Waals surface area (Å²) in [5.41, 5.74) is 2.95. The Morgan fingerprint density at radius 2 is 2.15 bits per heavy atom. The number of anilines is 1. The first-order chi connectivity index (χ1) is 16.6. The average molecular weight is 478 g/mol. The summed E-state index contributed by atoms with van der Waals surface area (Å²) in [6.45, 7) is 1.28. The number of fused-ring (bicyclic) bond motifs is 2. The van der Waals surface area contributed by atoms with Crippen LogP contribution in [0.2, 0.25) is 5.02 Å². The van der Waals surface area contributed by atoms with Crippen molar-refractivity contribution in [3.63, 3.8) is 0 Å². The normalized spacial score (nSPS) is 18.9. The smallest absolute Gasteiger partial charge is 0.263 e. The molecule has 174 valence electrons. The lowest BCUT2D eigenvalue weighted by Gasteiger charge is -2.33. The number of hydrogen-bond acceptors (Lipinski definition) is 7. The third kappa shape index (κ3) is 4.34. The van der Waals surface area contributed by atoms with E-state index < -0.39 is 0 Å². The fourth-order valence-electron chi connectivity index (χ4n) is 4.40. The van der Waals surface area contributed by atoms with Crippen LogP contribution in [0.15, 0.2) is 54.8 Å². The highest BCUT2D eigenvalue weighted by Gasteiger charge is 2.34. The van der Waals surface area contributed by atoms with Crippen LogP contribution >= 0.6 is 11.6 Å². The Hall–Kier alpha value is -3.49. The maximum absolute atomic E-state index is 11.6. The monoisotopic (exact) mass is 477 g/mol. The molecule has 2 aliphatic rings. The molecule has 1 atom stereocenters. The summed E-state index contributed by atoms with van der Waals surface area (Å²) < 4.78 is 10.7. The lowest BCUT2D eigenvalue weighted by atomic mass is 9.72. The molecule has 2 N–H and O–H groups in total. The summed E-state index contributed by atoms with van der Waals surface area (Å²) >= 11 is 6.73. The summed E-state index contributed by atoms with van der Waals surface area (Å²) in [5.74, 6) is 1.37. The number of carbonyl (C=O) groups excluding carboxylic acids is 1. The van der Waals surface area contributed by atoms with Crippen molar-refractivity contribution in [2.45, 2.75) is 24.8 Å². The SMILES string of the molecule is COc1ccc2ncc(Cl)c(C3(CCNCc4ccc5c(n4)NC(=O)CO5)C=CC=CC3)c2n1. The van der Waals surface area contributed by atoms with Gasteiger partial charge in [0.05, 0.1) is 28.9 Å². The zero-order chi connectivity index (χ0) is 23.5. The van der Waals surface area contributed by atoms with E-state index in [4.69, 9.17) is 26.1 Å². The van der Waals surface area contributed by atoms with Crippen molar-refractivity contribution in [2.24, 2.45) is 0 Å². The first-order valence-electron chi connectivity index (χ1n) is 11.1. The van der Waals surface area contributed by atoms with Gasteiger partial charge in [-0.2, -0.15) is 0 Å². The summed E-state index contributed by atoms with van der Waals surface area (Å²) in [7, 11) is 1.60. The van der Waals surface area contributed by atoms with Crippen molar-refractivity contribution < 1.29 is 14.3 Å². The number of nitrogens with one attached hydrogen (secondary N) is 2. The molecule has 0 spiro atoms. The number of amides is 1. The van der Waals surface area contributed by atoms with E-state index >= 15 is 0 Å². The molecular weight excluding hydrogens is 454 g/mol. The molecule has 1 unspecified atom stereocenters. The van der Waals surface area contributed by atoms with Gasteiger partial charge in [-0.1, -0.05) is 35.9 Å². The van der Waals surface area contributed by atoms with Gasteiger partial charge in [0.2, 0.25) is 5.88 Å². The van der Waals surface area contributed by atoms with Gasteiger partial charge in [0, 0.05) is 29.8 Å². The van der Waals surface area contributed by atoms with Crippen molar-refractivity contribution in [3.05, 3.63) is 71.0 Å². The fraction of sp³-hybridized carbons (Fsp3) is 0.280. The van der Waals surface area contributed by atoms with Gasteiger partial charge in [-0.25, -0.2) is 9.97 Å². The van der Waals surface area contributed by atoms with Crippen molar-refractivity contribution in [3.8, 4) is 11.6 Å². The molecule has 0 fully saturated rings. The molecule has 0 saturated heterocycles. The minimum Gasteiger partial charge on any atom is -0.481 e. The lowest BCUT2D eigenvalue weighted by Crippen LogP contribution is -2.31. The second kappa shape index (κ2) is 9.40. The van der Waals surface area contributed by atoms with Crippen LogP contribution in [0.4, 0.5) is 5.82 Å². The van der Waals surface area contributed by atoms with Gasteiger partial charge in [0.15, 0.2) is 18.2 Å². The highest BCUT2D eigenvalue weighted by atomic mass is 35.5. The van der Waals surface area contributed by atoms with Gasteiger partial charge in [0.1, 0.15) is 0 Å². The molecule has 0 saturated carbocycles. The molecule has 0 aromatic carbocycles. The van der Waals surface area contributed by atoms with Crippen LogP contribution in [0.3, 0.4) is 0 Å². The van der Waals surface area contributed by atoms with Gasteiger partial charge in [-0.05, 0) is 37.6 Å². The minimum absolute atomic E-state index is 0.0172. The summed E-state index contributed by atoms with van der Waals surface area (Å²) in [5, 5.41) is 6.80. The number of rotatable bonds is 7. The lowest BCUT2D eigenvalue weighted by molar-refractivity contribution is -0.118. The number of ether oxygens (including phenoxy) is 2. The van der Waals surface area contributed by atoms with E-state index in [2.05, 4.69) is 38.8 Å². The van der Waals surface area contributed by atoms with Gasteiger partial charge < -0.3 is 20.1 Å². The molecule has 4 heterocycles. The Morgan fingerprint density at radius 3 is 2.97 bits per heavy atom. The molecule has 0 bridgehead atoms. The van der Waals surface area contributed by atoms with Crippen LogP contribution in [0.25, 0.3) is 11.0 Å². The van der Waals surface area contributed by atoms with E-state index in [1.165, 1.54) is 0 Å². The average Bonchev–Trinajstić information content (AvgIpc) is 2.86. The standard InChI is InChI=1S/C25H24ClN5O3/c1-33-21-8-6-18-23(31-21)22(17(26)14-28-18)25(9-3-2-4-10-25)11-12-27-13-16-5-7-19-24(29-16)30-20(32)15-34-19/h2-9,14,27H,10-13,15H2,1H3,(H,29,30,32). The molecule has 1 aliphatic carbocycles. The first kappa shape index (κ1) is 22.3. The van der Waals surface area contributed by atoms with Crippen molar-refractivity contribution in [1.29, 1.82) is 0 Å². The van der Waals surface area contributed by atoms with E-state index in [0.29, 0.717) is 35.6 Å². The molecule has 34 heavy (non-hydrogen) atoms. The second-order valence-electron chi connectivity index (χ2n) is 8.26. The van der Waals surface area contributed by atoms with Crippen molar-refractivity contribution >= 4 is 34.4 Å². The Bertz CT molecular complexity index is 1310. The van der Waals surface area contributed by atoms with Crippen LogP contribution in [0, 0.1) is 0 Å². The number of halogens is 1. The molecule has 0 radical (unpaired) electrons. The molecule has 8 nitrogen and oxygen atoms in total. The summed E-state index contributed by atoms with van der Waals surface area (Å²) in [4.78, 5) is 25.2. The predicted molar refractivity (Wildman–Crippen MR) is 130 cm³/mol. The van der Waals surface area contributed by atoms with Gasteiger partial charge in [0.25, 0.3) is 5.91 Å². The Balaban J connectivity index is 1.37. The van der Waals surface area contributed by atoms with Crippen molar-refractivity contribution in [2.75, 3.05) is 25.6 Å². The van der Waals surface area contributed by atoms with E-state index in [1.807, 2.05) is 24.3 Å². The maximum atomic E-state index is 11.6. The molecule has 1 aliphatic heterocycles. The minimum atomic E-state index is -0.343. The molecule has 9 heteroatoms. The number of nitrogens with zero attached hydrogens (tertiary/aromatic N) is 3.